The lowest BCUT2D eigenvalue weighted by Crippen LogP contribution is -2.53. The molecule has 4 rings (SSSR count). The van der Waals surface area contributed by atoms with E-state index in [1.165, 1.54) is 38.5 Å². The van der Waals surface area contributed by atoms with Gasteiger partial charge in [0.05, 0.1) is 13.2 Å². The van der Waals surface area contributed by atoms with Gasteiger partial charge in [-0.3, -0.25) is 4.21 Å². The predicted molar refractivity (Wildman–Crippen MR) is 74.9 cm³/mol. The van der Waals surface area contributed by atoms with Gasteiger partial charge in [-0.25, -0.2) is 0 Å². The first-order valence-electron chi connectivity index (χ1n) is 7.29. The molecule has 4 bridgehead atoms. The third-order valence-corrected chi connectivity index (χ3v) is 7.12. The first-order chi connectivity index (χ1) is 8.72. The summed E-state index contributed by atoms with van der Waals surface area (Å²) in [6, 6.07) is 0. The molecule has 4 saturated carbocycles. The zero-order valence-corrected chi connectivity index (χ0v) is 11.9. The molecule has 4 aliphatic carbocycles. The number of hydrogen-bond acceptors (Lipinski definition) is 2. The third-order valence-electron chi connectivity index (χ3n) is 5.11. The highest BCUT2D eigenvalue weighted by Crippen LogP contribution is 2.57. The van der Waals surface area contributed by atoms with E-state index in [9.17, 15) is 4.21 Å². The third kappa shape index (κ3) is 2.32. The van der Waals surface area contributed by atoms with Crippen LogP contribution >= 0.6 is 0 Å². The molecule has 0 radical (unpaired) electrons. The minimum Gasteiger partial charge on any atom is -0.376 e. The van der Waals surface area contributed by atoms with Crippen LogP contribution in [0.3, 0.4) is 0 Å². The van der Waals surface area contributed by atoms with Crippen molar-refractivity contribution in [1.29, 1.82) is 0 Å². The van der Waals surface area contributed by atoms with Gasteiger partial charge in [0.2, 0.25) is 0 Å². The van der Waals surface area contributed by atoms with Crippen molar-refractivity contribution < 1.29 is 8.95 Å². The Labute approximate surface area is 113 Å². The number of ether oxygens (including phenoxy) is 1. The molecule has 18 heavy (non-hydrogen) atoms. The first-order valence-corrected chi connectivity index (χ1v) is 8.61. The Morgan fingerprint density at radius 1 is 1.17 bits per heavy atom. The highest BCUT2D eigenvalue weighted by atomic mass is 32.2. The molecule has 0 aromatic heterocycles. The van der Waals surface area contributed by atoms with E-state index < -0.39 is 10.8 Å². The average molecular weight is 268 g/mol. The van der Waals surface area contributed by atoms with Crippen molar-refractivity contribution in [1.82, 2.24) is 0 Å². The van der Waals surface area contributed by atoms with Gasteiger partial charge in [-0.15, -0.1) is 6.58 Å². The molecule has 102 valence electrons. The zero-order chi connectivity index (χ0) is 12.6. The summed E-state index contributed by atoms with van der Waals surface area (Å²) in [6.45, 7) is 4.84. The lowest BCUT2D eigenvalue weighted by Gasteiger charge is -2.56. The van der Waals surface area contributed by atoms with Crippen molar-refractivity contribution >= 4 is 10.8 Å². The van der Waals surface area contributed by atoms with Crippen LogP contribution in [0.2, 0.25) is 0 Å². The Hall–Kier alpha value is -0.150. The van der Waals surface area contributed by atoms with Crippen LogP contribution in [0, 0.1) is 17.8 Å². The lowest BCUT2D eigenvalue weighted by atomic mass is 9.56. The molecule has 1 unspecified atom stereocenters. The fraction of sp³-hybridized carbons (Fsp3) is 0.867. The maximum Gasteiger partial charge on any atom is 0.0645 e. The van der Waals surface area contributed by atoms with Gasteiger partial charge in [0.1, 0.15) is 0 Å². The van der Waals surface area contributed by atoms with E-state index in [0.29, 0.717) is 13.2 Å². The summed E-state index contributed by atoms with van der Waals surface area (Å²) in [6.07, 6.45) is 9.71. The molecule has 3 heteroatoms. The lowest BCUT2D eigenvalue weighted by molar-refractivity contribution is 0.0358. The molecule has 0 aliphatic heterocycles. The van der Waals surface area contributed by atoms with Crippen LogP contribution in [0.1, 0.15) is 38.5 Å². The molecule has 4 aliphatic rings. The minimum atomic E-state index is -0.688. The molecular weight excluding hydrogens is 244 g/mol. The van der Waals surface area contributed by atoms with Crippen LogP contribution in [0.25, 0.3) is 0 Å². The molecule has 0 saturated heterocycles. The second-order valence-electron chi connectivity index (χ2n) is 6.51. The molecule has 4 fully saturated rings. The van der Waals surface area contributed by atoms with Crippen LogP contribution in [0.5, 0.6) is 0 Å². The van der Waals surface area contributed by atoms with E-state index in [1.807, 2.05) is 0 Å². The van der Waals surface area contributed by atoms with Gasteiger partial charge in [0.15, 0.2) is 0 Å². The van der Waals surface area contributed by atoms with Gasteiger partial charge >= 0.3 is 0 Å². The molecular formula is C15H24O2S. The first kappa shape index (κ1) is 12.9. The summed E-state index contributed by atoms with van der Waals surface area (Å²) in [7, 11) is -0.688. The van der Waals surface area contributed by atoms with Crippen molar-refractivity contribution in [2.24, 2.45) is 17.8 Å². The second kappa shape index (κ2) is 5.09. The summed E-state index contributed by atoms with van der Waals surface area (Å²) in [4.78, 5) is 0. The molecule has 0 aromatic rings. The van der Waals surface area contributed by atoms with Gasteiger partial charge in [0, 0.05) is 21.3 Å². The van der Waals surface area contributed by atoms with Gasteiger partial charge in [-0.1, -0.05) is 6.08 Å². The summed E-state index contributed by atoms with van der Waals surface area (Å²) in [5.41, 5.74) is 0. The van der Waals surface area contributed by atoms with E-state index in [1.54, 1.807) is 6.08 Å². The molecule has 2 nitrogen and oxygen atoms in total. The number of rotatable bonds is 6. The summed E-state index contributed by atoms with van der Waals surface area (Å²) in [5, 5.41) is 0. The van der Waals surface area contributed by atoms with E-state index in [4.69, 9.17) is 4.74 Å². The Balaban J connectivity index is 1.60. The summed E-state index contributed by atoms with van der Waals surface area (Å²) < 4.78 is 18.2. The molecule has 0 heterocycles. The maximum atomic E-state index is 12.7. The van der Waals surface area contributed by atoms with Crippen LogP contribution in [0.15, 0.2) is 12.7 Å². The van der Waals surface area contributed by atoms with E-state index in [0.717, 1.165) is 23.5 Å². The highest BCUT2D eigenvalue weighted by molar-refractivity contribution is 7.86. The van der Waals surface area contributed by atoms with Crippen LogP contribution in [-0.2, 0) is 15.5 Å². The molecule has 0 amide bonds. The monoisotopic (exact) mass is 268 g/mol. The average Bonchev–Trinajstić information content (AvgIpc) is 2.32. The van der Waals surface area contributed by atoms with Gasteiger partial charge in [-0.2, -0.15) is 0 Å². The van der Waals surface area contributed by atoms with Crippen LogP contribution < -0.4 is 0 Å². The molecule has 0 N–H and O–H groups in total. The van der Waals surface area contributed by atoms with Gasteiger partial charge in [-0.05, 0) is 56.3 Å². The summed E-state index contributed by atoms with van der Waals surface area (Å²) >= 11 is 0. The number of hydrogen-bond donors (Lipinski definition) is 0. The van der Waals surface area contributed by atoms with Crippen LogP contribution in [0.4, 0.5) is 0 Å². The van der Waals surface area contributed by atoms with E-state index in [-0.39, 0.29) is 4.75 Å². The van der Waals surface area contributed by atoms with Crippen molar-refractivity contribution in [3.05, 3.63) is 12.7 Å². The fourth-order valence-corrected chi connectivity index (χ4v) is 6.79. The molecule has 0 aromatic carbocycles. The standard InChI is InChI=1S/C15H24O2S/c1-2-3-17-4-5-18(16)15-9-12-6-13(10-15)8-14(7-12)11-15/h2,12-14H,1,3-11H2. The van der Waals surface area contributed by atoms with Gasteiger partial charge in [0.25, 0.3) is 0 Å². The second-order valence-corrected chi connectivity index (χ2v) is 8.48. The summed E-state index contributed by atoms with van der Waals surface area (Å²) in [5.74, 6) is 3.37. The van der Waals surface area contributed by atoms with Crippen molar-refractivity contribution in [2.75, 3.05) is 19.0 Å². The Morgan fingerprint density at radius 3 is 2.22 bits per heavy atom. The Bertz CT molecular complexity index is 315. The smallest absolute Gasteiger partial charge is 0.0645 e. The predicted octanol–water partition coefficient (Wildman–Crippen LogP) is 2.91. The Kier molecular flexibility index (Phi) is 3.63. The Morgan fingerprint density at radius 2 is 1.72 bits per heavy atom. The fourth-order valence-electron chi connectivity index (χ4n) is 4.83. The highest BCUT2D eigenvalue weighted by Gasteiger charge is 2.53. The largest absolute Gasteiger partial charge is 0.376 e. The van der Waals surface area contributed by atoms with Gasteiger partial charge < -0.3 is 4.74 Å². The zero-order valence-electron chi connectivity index (χ0n) is 11.1. The molecule has 0 spiro atoms. The van der Waals surface area contributed by atoms with E-state index in [2.05, 4.69) is 6.58 Å². The maximum absolute atomic E-state index is 12.7. The van der Waals surface area contributed by atoms with Crippen molar-refractivity contribution in [3.63, 3.8) is 0 Å². The van der Waals surface area contributed by atoms with E-state index >= 15 is 0 Å². The van der Waals surface area contributed by atoms with Crippen LogP contribution in [-0.4, -0.2) is 27.9 Å². The van der Waals surface area contributed by atoms with Crippen molar-refractivity contribution in [2.45, 2.75) is 43.3 Å². The quantitative estimate of drug-likeness (QED) is 0.547. The topological polar surface area (TPSA) is 26.3 Å². The van der Waals surface area contributed by atoms with Crippen molar-refractivity contribution in [3.8, 4) is 0 Å². The SMILES string of the molecule is C=CCOCCS(=O)C12CC3CC(CC(C3)C1)C2. The normalized spacial score (nSPS) is 43.0. The molecule has 1 atom stereocenters. The minimum absolute atomic E-state index is 0.173.